The number of alkyl halides is 1. The van der Waals surface area contributed by atoms with E-state index in [1.54, 1.807) is 13.0 Å². The summed E-state index contributed by atoms with van der Waals surface area (Å²) in [7, 11) is 1.33. The van der Waals surface area contributed by atoms with Gasteiger partial charge in [0.25, 0.3) is 0 Å². The third-order valence-corrected chi connectivity index (χ3v) is 7.07. The van der Waals surface area contributed by atoms with Gasteiger partial charge in [-0.15, -0.1) is 0 Å². The van der Waals surface area contributed by atoms with Gasteiger partial charge in [-0.25, -0.2) is 4.79 Å². The van der Waals surface area contributed by atoms with Crippen LogP contribution >= 0.6 is 15.9 Å². The van der Waals surface area contributed by atoms with Crippen LogP contribution in [0, 0.1) is 24.2 Å². The number of esters is 2. The minimum atomic E-state index is -0.443. The Morgan fingerprint density at radius 1 is 1.28 bits per heavy atom. The van der Waals surface area contributed by atoms with E-state index in [2.05, 4.69) is 15.9 Å². The molecule has 5 nitrogen and oxygen atoms in total. The van der Waals surface area contributed by atoms with Crippen molar-refractivity contribution in [2.24, 2.45) is 17.3 Å². The van der Waals surface area contributed by atoms with E-state index in [1.807, 2.05) is 0 Å². The van der Waals surface area contributed by atoms with E-state index in [1.165, 1.54) is 26.4 Å². The lowest BCUT2D eigenvalue weighted by molar-refractivity contribution is -0.171. The second kappa shape index (κ2) is 5.86. The fourth-order valence-corrected chi connectivity index (χ4v) is 7.06. The van der Waals surface area contributed by atoms with Crippen molar-refractivity contribution in [1.82, 2.24) is 0 Å². The molecule has 4 atom stereocenters. The van der Waals surface area contributed by atoms with Crippen LogP contribution in [0.15, 0.2) is 10.5 Å². The molecule has 4 aliphatic carbocycles. The molecule has 1 aromatic rings. The van der Waals surface area contributed by atoms with Gasteiger partial charge in [-0.1, -0.05) is 15.9 Å². The average Bonchev–Trinajstić information content (AvgIpc) is 2.90. The Balaban J connectivity index is 1.45. The van der Waals surface area contributed by atoms with Crippen molar-refractivity contribution >= 4 is 27.9 Å². The van der Waals surface area contributed by atoms with Crippen molar-refractivity contribution in [3.8, 4) is 0 Å². The molecule has 0 saturated heterocycles. The number of furan rings is 1. The molecule has 4 fully saturated rings. The van der Waals surface area contributed by atoms with Crippen LogP contribution in [0.3, 0.4) is 0 Å². The van der Waals surface area contributed by atoms with Crippen molar-refractivity contribution in [2.75, 3.05) is 7.11 Å². The molecule has 0 aromatic carbocycles. The molecule has 4 aliphatic rings. The highest BCUT2D eigenvalue weighted by molar-refractivity contribution is 9.10. The zero-order chi connectivity index (χ0) is 17.8. The van der Waals surface area contributed by atoms with Crippen molar-refractivity contribution < 1.29 is 23.5 Å². The Labute approximate surface area is 155 Å². The number of methoxy groups -OCH3 is 1. The van der Waals surface area contributed by atoms with Crippen LogP contribution in [0.4, 0.5) is 0 Å². The lowest BCUT2D eigenvalue weighted by Crippen LogP contribution is -2.56. The predicted octanol–water partition coefficient (Wildman–Crippen LogP) is 4.15. The van der Waals surface area contributed by atoms with E-state index in [9.17, 15) is 9.59 Å². The summed E-state index contributed by atoms with van der Waals surface area (Å²) in [5.74, 6) is 1.66. The van der Waals surface area contributed by atoms with Crippen LogP contribution in [0.1, 0.15) is 60.4 Å². The minimum absolute atomic E-state index is 0.0586. The highest BCUT2D eigenvalue weighted by Crippen LogP contribution is 2.64. The average molecular weight is 411 g/mol. The summed E-state index contributed by atoms with van der Waals surface area (Å²) in [4.78, 5) is 24.6. The molecule has 0 radical (unpaired) electrons. The van der Waals surface area contributed by atoms with Gasteiger partial charge in [-0.3, -0.25) is 4.79 Å². The molecular weight excluding hydrogens is 388 g/mol. The maximum Gasteiger partial charge on any atom is 0.341 e. The van der Waals surface area contributed by atoms with Gasteiger partial charge in [0.2, 0.25) is 0 Å². The second-order valence-corrected chi connectivity index (χ2v) is 9.82. The van der Waals surface area contributed by atoms with Crippen molar-refractivity contribution in [3.05, 3.63) is 23.2 Å². The molecule has 0 aliphatic heterocycles. The Hall–Kier alpha value is -1.30. The number of ether oxygens (including phenoxy) is 2. The first-order valence-electron chi connectivity index (χ1n) is 8.86. The van der Waals surface area contributed by atoms with Gasteiger partial charge in [-0.2, -0.15) is 0 Å². The van der Waals surface area contributed by atoms with Crippen LogP contribution in [-0.4, -0.2) is 23.4 Å². The van der Waals surface area contributed by atoms with Crippen LogP contribution in [0.2, 0.25) is 0 Å². The summed E-state index contributed by atoms with van der Waals surface area (Å²) in [6.45, 7) is 1.76. The van der Waals surface area contributed by atoms with Crippen LogP contribution in [-0.2, 0) is 20.9 Å². The Morgan fingerprint density at radius 2 is 1.96 bits per heavy atom. The topological polar surface area (TPSA) is 65.7 Å². The van der Waals surface area contributed by atoms with Crippen LogP contribution < -0.4 is 0 Å². The standard InChI is InChI=1S/C19H23BrO5/c1-11-15(16(21)23-2)4-14(25-11)9-24-17(22)18-5-12-3-13(6-18)8-19(20,7-12)10-18/h4,12-13H,3,5-10H2,1-2H3/t12-,13+,18?,19?. The lowest BCUT2D eigenvalue weighted by atomic mass is 9.49. The van der Waals surface area contributed by atoms with Gasteiger partial charge in [0.15, 0.2) is 0 Å². The molecule has 2 unspecified atom stereocenters. The van der Waals surface area contributed by atoms with E-state index >= 15 is 0 Å². The third kappa shape index (κ3) is 2.92. The number of hydrogen-bond donors (Lipinski definition) is 0. The van der Waals surface area contributed by atoms with Gasteiger partial charge >= 0.3 is 11.9 Å². The van der Waals surface area contributed by atoms with Gasteiger partial charge < -0.3 is 13.9 Å². The van der Waals surface area contributed by atoms with Gasteiger partial charge in [0.05, 0.1) is 12.5 Å². The van der Waals surface area contributed by atoms with Gasteiger partial charge in [-0.05, 0) is 63.4 Å². The molecule has 4 bridgehead atoms. The first kappa shape index (κ1) is 17.1. The summed E-state index contributed by atoms with van der Waals surface area (Å²) < 4.78 is 16.0. The molecule has 6 heteroatoms. The molecule has 136 valence electrons. The fraction of sp³-hybridized carbons (Fsp3) is 0.684. The van der Waals surface area contributed by atoms with E-state index in [0.29, 0.717) is 28.9 Å². The third-order valence-electron chi connectivity index (χ3n) is 6.14. The minimum Gasteiger partial charge on any atom is -0.465 e. The van der Waals surface area contributed by atoms with E-state index in [0.717, 1.165) is 19.3 Å². The summed E-state index contributed by atoms with van der Waals surface area (Å²) in [6, 6.07) is 1.60. The molecule has 0 N–H and O–H groups in total. The van der Waals surface area contributed by atoms with Crippen LogP contribution in [0.5, 0.6) is 0 Å². The Morgan fingerprint density at radius 3 is 2.56 bits per heavy atom. The predicted molar refractivity (Wildman–Crippen MR) is 93.4 cm³/mol. The van der Waals surface area contributed by atoms with Crippen LogP contribution in [0.25, 0.3) is 0 Å². The quantitative estimate of drug-likeness (QED) is 0.550. The summed E-state index contributed by atoms with van der Waals surface area (Å²) >= 11 is 3.92. The van der Waals surface area contributed by atoms with Crippen molar-refractivity contribution in [2.45, 2.75) is 56.4 Å². The van der Waals surface area contributed by atoms with Gasteiger partial charge in [0, 0.05) is 4.32 Å². The molecule has 1 aromatic heterocycles. The fourth-order valence-electron chi connectivity index (χ4n) is 5.61. The molecular formula is C19H23BrO5. The lowest BCUT2D eigenvalue weighted by Gasteiger charge is -2.58. The first-order valence-corrected chi connectivity index (χ1v) is 9.66. The zero-order valence-corrected chi connectivity index (χ0v) is 16.2. The summed E-state index contributed by atoms with van der Waals surface area (Å²) in [6.07, 6.45) is 6.37. The highest BCUT2D eigenvalue weighted by atomic mass is 79.9. The number of halogens is 1. The molecule has 25 heavy (non-hydrogen) atoms. The second-order valence-electron chi connectivity index (χ2n) is 8.14. The molecule has 0 spiro atoms. The first-order chi connectivity index (χ1) is 11.8. The van der Waals surface area contributed by atoms with Crippen molar-refractivity contribution in [1.29, 1.82) is 0 Å². The Kier molecular flexibility index (Phi) is 4.02. The zero-order valence-electron chi connectivity index (χ0n) is 14.6. The maximum atomic E-state index is 12.9. The van der Waals surface area contributed by atoms with E-state index in [-0.39, 0.29) is 22.3 Å². The summed E-state index contributed by atoms with van der Waals surface area (Å²) in [5, 5.41) is 0. The molecule has 4 saturated carbocycles. The normalized spacial score (nSPS) is 35.6. The smallest absolute Gasteiger partial charge is 0.341 e. The number of carbonyl (C=O) groups is 2. The molecule has 1 heterocycles. The number of rotatable bonds is 4. The van der Waals surface area contributed by atoms with Crippen molar-refractivity contribution in [3.63, 3.8) is 0 Å². The van der Waals surface area contributed by atoms with E-state index in [4.69, 9.17) is 13.9 Å². The monoisotopic (exact) mass is 410 g/mol. The summed E-state index contributed by atoms with van der Waals surface area (Å²) in [5.41, 5.74) is 0.0307. The number of aryl methyl sites for hydroxylation is 1. The highest BCUT2D eigenvalue weighted by Gasteiger charge is 2.60. The van der Waals surface area contributed by atoms with E-state index < -0.39 is 5.97 Å². The maximum absolute atomic E-state index is 12.9. The number of carbonyl (C=O) groups excluding carboxylic acids is 2. The number of hydrogen-bond acceptors (Lipinski definition) is 5. The molecule has 0 amide bonds. The largest absolute Gasteiger partial charge is 0.465 e. The van der Waals surface area contributed by atoms with Gasteiger partial charge in [0.1, 0.15) is 23.7 Å². The molecule has 5 rings (SSSR count). The Bertz CT molecular complexity index is 707. The SMILES string of the molecule is COC(=O)c1cc(COC(=O)C23C[C@@H]4C[C@@H](CC(Br)(C4)C2)C3)oc1C.